The first-order chi connectivity index (χ1) is 11.1. The molecule has 0 aliphatic heterocycles. The van der Waals surface area contributed by atoms with Gasteiger partial charge in [0.2, 0.25) is 5.13 Å². The van der Waals surface area contributed by atoms with Crippen molar-refractivity contribution in [1.82, 2.24) is 4.98 Å². The van der Waals surface area contributed by atoms with Crippen LogP contribution in [0, 0.1) is 11.6 Å². The van der Waals surface area contributed by atoms with Gasteiger partial charge in [0.05, 0.1) is 11.9 Å². The first kappa shape index (κ1) is 15.8. The Morgan fingerprint density at radius 1 is 1.13 bits per heavy atom. The normalized spacial score (nSPS) is 11.1. The Morgan fingerprint density at radius 3 is 2.70 bits per heavy atom. The summed E-state index contributed by atoms with van der Waals surface area (Å²) in [6.45, 7) is 0. The maximum atomic E-state index is 13.7. The molecule has 0 bridgehead atoms. The van der Waals surface area contributed by atoms with E-state index in [0.29, 0.717) is 9.60 Å². The Morgan fingerprint density at radius 2 is 1.91 bits per heavy atom. The topological polar surface area (TPSA) is 37.3 Å². The molecule has 0 saturated heterocycles. The quantitative estimate of drug-likeness (QED) is 0.371. The Labute approximate surface area is 143 Å². The van der Waals surface area contributed by atoms with E-state index in [1.54, 1.807) is 0 Å². The van der Waals surface area contributed by atoms with Gasteiger partial charge in [-0.05, 0) is 12.1 Å². The summed E-state index contributed by atoms with van der Waals surface area (Å²) in [6.07, 6.45) is 1.21. The molecule has 0 unspecified atom stereocenters. The zero-order chi connectivity index (χ0) is 16.2. The number of hydrazone groups is 1. The van der Waals surface area contributed by atoms with E-state index in [0.717, 1.165) is 17.3 Å². The highest BCUT2D eigenvalue weighted by Crippen LogP contribution is 2.25. The maximum Gasteiger partial charge on any atom is 0.203 e. The van der Waals surface area contributed by atoms with Crippen LogP contribution in [0.5, 0.6) is 0 Å². The van der Waals surface area contributed by atoms with Crippen LogP contribution in [-0.4, -0.2) is 11.2 Å². The zero-order valence-electron chi connectivity index (χ0n) is 11.6. The second kappa shape index (κ2) is 6.97. The summed E-state index contributed by atoms with van der Waals surface area (Å²) < 4.78 is 27.3. The fourth-order valence-electron chi connectivity index (χ4n) is 1.88. The van der Waals surface area contributed by atoms with Crippen molar-refractivity contribution in [3.8, 4) is 11.3 Å². The van der Waals surface area contributed by atoms with E-state index in [1.807, 2.05) is 35.7 Å². The summed E-state index contributed by atoms with van der Waals surface area (Å²) in [5, 5.41) is 6.38. The van der Waals surface area contributed by atoms with Gasteiger partial charge in [-0.1, -0.05) is 46.3 Å². The van der Waals surface area contributed by atoms with E-state index < -0.39 is 11.6 Å². The van der Waals surface area contributed by atoms with Crippen LogP contribution in [-0.2, 0) is 0 Å². The fraction of sp³-hybridized carbons (Fsp3) is 0. The van der Waals surface area contributed by atoms with Gasteiger partial charge in [-0.25, -0.2) is 13.8 Å². The van der Waals surface area contributed by atoms with Crippen LogP contribution >= 0.6 is 27.3 Å². The molecule has 0 aliphatic rings. The van der Waals surface area contributed by atoms with Crippen molar-refractivity contribution in [2.24, 2.45) is 5.10 Å². The van der Waals surface area contributed by atoms with Crippen LogP contribution in [0.1, 0.15) is 5.56 Å². The minimum atomic E-state index is -0.950. The Balaban J connectivity index is 1.75. The average molecular weight is 394 g/mol. The second-order valence-electron chi connectivity index (χ2n) is 4.53. The van der Waals surface area contributed by atoms with Gasteiger partial charge in [-0.2, -0.15) is 5.10 Å². The summed E-state index contributed by atoms with van der Waals surface area (Å²) in [5.74, 6) is -1.87. The third-order valence-electron chi connectivity index (χ3n) is 3.01. The molecule has 0 radical (unpaired) electrons. The van der Waals surface area contributed by atoms with Gasteiger partial charge in [0, 0.05) is 21.0 Å². The summed E-state index contributed by atoms with van der Waals surface area (Å²) >= 11 is 4.54. The van der Waals surface area contributed by atoms with Gasteiger partial charge in [0.15, 0.2) is 11.6 Å². The summed E-state index contributed by atoms with van der Waals surface area (Å²) in [4.78, 5) is 4.39. The van der Waals surface area contributed by atoms with Crippen LogP contribution in [0.4, 0.5) is 13.9 Å². The molecule has 2 aromatic carbocycles. The van der Waals surface area contributed by atoms with Crippen molar-refractivity contribution < 1.29 is 8.78 Å². The van der Waals surface area contributed by atoms with Gasteiger partial charge in [-0.15, -0.1) is 11.3 Å². The summed E-state index contributed by atoms with van der Waals surface area (Å²) in [6, 6.07) is 12.2. The molecular formula is C16H10BrF2N3S. The predicted molar refractivity (Wildman–Crippen MR) is 92.8 cm³/mol. The van der Waals surface area contributed by atoms with Crippen LogP contribution < -0.4 is 5.43 Å². The van der Waals surface area contributed by atoms with E-state index in [4.69, 9.17) is 0 Å². The first-order valence-corrected chi connectivity index (χ1v) is 8.26. The Kier molecular flexibility index (Phi) is 4.78. The Hall–Kier alpha value is -2.12. The number of nitrogens with zero attached hydrogens (tertiary/aromatic N) is 2. The number of aromatic nitrogens is 1. The highest BCUT2D eigenvalue weighted by molar-refractivity contribution is 9.10. The molecule has 0 spiro atoms. The number of hydrogen-bond donors (Lipinski definition) is 1. The zero-order valence-corrected chi connectivity index (χ0v) is 14.0. The lowest BCUT2D eigenvalue weighted by Crippen LogP contribution is -1.97. The molecule has 0 saturated carbocycles. The molecule has 0 amide bonds. The average Bonchev–Trinajstić information content (AvgIpc) is 3.04. The van der Waals surface area contributed by atoms with Crippen LogP contribution in [0.15, 0.2) is 57.4 Å². The van der Waals surface area contributed by atoms with Crippen molar-refractivity contribution in [1.29, 1.82) is 0 Å². The third-order valence-corrected chi connectivity index (χ3v) is 4.45. The number of halogens is 3. The molecule has 1 N–H and O–H groups in total. The molecule has 3 nitrogen and oxygen atoms in total. The standard InChI is InChI=1S/C16H10BrF2N3S/c17-12-6-7-13(18)15(19)11(12)8-20-22-16-21-14(9-23-16)10-4-2-1-3-5-10/h1-9H,(H,21,22). The molecule has 0 atom stereocenters. The molecule has 116 valence electrons. The molecule has 23 heavy (non-hydrogen) atoms. The number of anilines is 1. The van der Waals surface area contributed by atoms with Crippen LogP contribution in [0.2, 0.25) is 0 Å². The van der Waals surface area contributed by atoms with Gasteiger partial charge in [0.1, 0.15) is 0 Å². The molecule has 1 heterocycles. The second-order valence-corrected chi connectivity index (χ2v) is 6.24. The number of nitrogens with one attached hydrogen (secondary N) is 1. The van der Waals surface area contributed by atoms with Crippen molar-refractivity contribution in [2.45, 2.75) is 0 Å². The van der Waals surface area contributed by atoms with Crippen molar-refractivity contribution >= 4 is 38.6 Å². The molecule has 7 heteroatoms. The highest BCUT2D eigenvalue weighted by Gasteiger charge is 2.10. The van der Waals surface area contributed by atoms with Crippen molar-refractivity contribution in [3.05, 3.63) is 69.5 Å². The van der Waals surface area contributed by atoms with E-state index >= 15 is 0 Å². The van der Waals surface area contributed by atoms with Crippen molar-refractivity contribution in [2.75, 3.05) is 5.43 Å². The number of thiazole rings is 1. The van der Waals surface area contributed by atoms with Gasteiger partial charge >= 0.3 is 0 Å². The van der Waals surface area contributed by atoms with Crippen LogP contribution in [0.3, 0.4) is 0 Å². The van der Waals surface area contributed by atoms with E-state index in [-0.39, 0.29) is 5.56 Å². The first-order valence-electron chi connectivity index (χ1n) is 6.58. The number of rotatable bonds is 4. The minimum Gasteiger partial charge on any atom is -0.253 e. The smallest absolute Gasteiger partial charge is 0.203 e. The third kappa shape index (κ3) is 3.62. The van der Waals surface area contributed by atoms with E-state index in [9.17, 15) is 8.78 Å². The molecule has 0 fully saturated rings. The molecule has 3 aromatic rings. The number of benzene rings is 2. The molecule has 3 rings (SSSR count). The summed E-state index contributed by atoms with van der Waals surface area (Å²) in [7, 11) is 0. The lowest BCUT2D eigenvalue weighted by Gasteiger charge is -2.01. The van der Waals surface area contributed by atoms with Gasteiger partial charge < -0.3 is 0 Å². The van der Waals surface area contributed by atoms with Crippen LogP contribution in [0.25, 0.3) is 11.3 Å². The molecular weight excluding hydrogens is 384 g/mol. The lowest BCUT2D eigenvalue weighted by molar-refractivity contribution is 0.507. The van der Waals surface area contributed by atoms with Gasteiger partial charge in [-0.3, -0.25) is 5.43 Å². The molecule has 1 aromatic heterocycles. The fourth-order valence-corrected chi connectivity index (χ4v) is 2.96. The SMILES string of the molecule is Fc1ccc(Br)c(C=NNc2nc(-c3ccccc3)cs2)c1F. The minimum absolute atomic E-state index is 0.0392. The highest BCUT2D eigenvalue weighted by atomic mass is 79.9. The Bertz CT molecular complexity index is 850. The van der Waals surface area contributed by atoms with E-state index in [2.05, 4.69) is 31.4 Å². The largest absolute Gasteiger partial charge is 0.253 e. The van der Waals surface area contributed by atoms with Crippen molar-refractivity contribution in [3.63, 3.8) is 0 Å². The number of hydrogen-bond acceptors (Lipinski definition) is 4. The predicted octanol–water partition coefficient (Wildman–Crippen LogP) is 5.30. The maximum absolute atomic E-state index is 13.7. The molecule has 0 aliphatic carbocycles. The lowest BCUT2D eigenvalue weighted by atomic mass is 10.2. The summed E-state index contributed by atoms with van der Waals surface area (Å²) in [5.41, 5.74) is 4.59. The van der Waals surface area contributed by atoms with Gasteiger partial charge in [0.25, 0.3) is 0 Å². The monoisotopic (exact) mass is 393 g/mol. The van der Waals surface area contributed by atoms with E-state index in [1.165, 1.54) is 23.6 Å².